The number of methoxy groups -OCH3 is 1. The first-order chi connectivity index (χ1) is 9.74. The Morgan fingerprint density at radius 3 is 3.10 bits per heavy atom. The molecule has 0 aromatic heterocycles. The molecule has 1 saturated heterocycles. The average molecular weight is 276 g/mol. The molecule has 1 aromatic carbocycles. The van der Waals surface area contributed by atoms with Crippen LogP contribution < -0.4 is 15.2 Å². The van der Waals surface area contributed by atoms with Crippen molar-refractivity contribution in [3.63, 3.8) is 0 Å². The van der Waals surface area contributed by atoms with Gasteiger partial charge in [0.25, 0.3) is 0 Å². The standard InChI is InChI=1S/C16H24N2O2/c1-19-14-3-4-15-13(11-14)5-6-16(20-15)7-10-18(12-16)9-2-8-17/h3-4,11H,2,5-10,12,17H2,1H3. The van der Waals surface area contributed by atoms with Gasteiger partial charge in [-0.15, -0.1) is 0 Å². The predicted octanol–water partition coefficient (Wildman–Crippen LogP) is 1.81. The monoisotopic (exact) mass is 276 g/mol. The van der Waals surface area contributed by atoms with Gasteiger partial charge in [-0.3, -0.25) is 4.90 Å². The molecule has 4 nitrogen and oxygen atoms in total. The SMILES string of the molecule is COc1ccc2c(c1)CCC1(CCN(CCCN)C1)O2. The quantitative estimate of drug-likeness (QED) is 0.911. The molecule has 1 atom stereocenters. The van der Waals surface area contributed by atoms with E-state index in [1.807, 2.05) is 6.07 Å². The second-order valence-corrected chi connectivity index (χ2v) is 5.93. The van der Waals surface area contributed by atoms with Crippen molar-refractivity contribution in [3.05, 3.63) is 23.8 Å². The van der Waals surface area contributed by atoms with E-state index in [9.17, 15) is 0 Å². The first-order valence-electron chi connectivity index (χ1n) is 7.53. The van der Waals surface area contributed by atoms with E-state index < -0.39 is 0 Å². The number of likely N-dealkylation sites (tertiary alicyclic amines) is 1. The Labute approximate surface area is 120 Å². The highest BCUT2D eigenvalue weighted by atomic mass is 16.5. The minimum atomic E-state index is 0.0240. The van der Waals surface area contributed by atoms with E-state index in [1.54, 1.807) is 7.11 Å². The smallest absolute Gasteiger partial charge is 0.123 e. The molecule has 4 heteroatoms. The van der Waals surface area contributed by atoms with Crippen LogP contribution in [0.4, 0.5) is 0 Å². The van der Waals surface area contributed by atoms with Gasteiger partial charge in [0.05, 0.1) is 7.11 Å². The summed E-state index contributed by atoms with van der Waals surface area (Å²) in [6, 6.07) is 6.14. The van der Waals surface area contributed by atoms with Gasteiger partial charge in [-0.05, 0) is 56.1 Å². The largest absolute Gasteiger partial charge is 0.497 e. The van der Waals surface area contributed by atoms with Crippen molar-refractivity contribution in [3.8, 4) is 11.5 Å². The van der Waals surface area contributed by atoms with Crippen molar-refractivity contribution >= 4 is 0 Å². The molecule has 1 fully saturated rings. The zero-order valence-electron chi connectivity index (χ0n) is 12.2. The maximum absolute atomic E-state index is 6.36. The molecule has 110 valence electrons. The Kier molecular flexibility index (Phi) is 3.85. The molecule has 2 heterocycles. The van der Waals surface area contributed by atoms with Crippen LogP contribution in [-0.4, -0.2) is 43.8 Å². The first-order valence-corrected chi connectivity index (χ1v) is 7.53. The fourth-order valence-corrected chi connectivity index (χ4v) is 3.35. The maximum Gasteiger partial charge on any atom is 0.123 e. The minimum Gasteiger partial charge on any atom is -0.497 e. The van der Waals surface area contributed by atoms with Gasteiger partial charge in [0.1, 0.15) is 17.1 Å². The Morgan fingerprint density at radius 2 is 2.30 bits per heavy atom. The van der Waals surface area contributed by atoms with Gasteiger partial charge in [0, 0.05) is 19.5 Å². The van der Waals surface area contributed by atoms with Crippen LogP contribution in [0.3, 0.4) is 0 Å². The number of hydrogen-bond acceptors (Lipinski definition) is 4. The summed E-state index contributed by atoms with van der Waals surface area (Å²) < 4.78 is 11.6. The second kappa shape index (κ2) is 5.62. The van der Waals surface area contributed by atoms with Crippen molar-refractivity contribution in [2.45, 2.75) is 31.3 Å². The molecule has 0 amide bonds. The van der Waals surface area contributed by atoms with Gasteiger partial charge in [-0.2, -0.15) is 0 Å². The highest BCUT2D eigenvalue weighted by Gasteiger charge is 2.42. The molecule has 0 radical (unpaired) electrons. The Bertz CT molecular complexity index is 478. The van der Waals surface area contributed by atoms with Crippen LogP contribution in [0.2, 0.25) is 0 Å². The van der Waals surface area contributed by atoms with Crippen molar-refractivity contribution in [2.24, 2.45) is 5.73 Å². The molecular weight excluding hydrogens is 252 g/mol. The molecule has 3 rings (SSSR count). The number of aryl methyl sites for hydroxylation is 1. The molecule has 0 aliphatic carbocycles. The summed E-state index contributed by atoms with van der Waals surface area (Å²) in [6.07, 6.45) is 4.39. The molecule has 2 aliphatic heterocycles. The Morgan fingerprint density at radius 1 is 1.40 bits per heavy atom. The molecule has 0 saturated carbocycles. The number of nitrogens with zero attached hydrogens (tertiary/aromatic N) is 1. The van der Waals surface area contributed by atoms with Gasteiger partial charge < -0.3 is 15.2 Å². The Balaban J connectivity index is 1.69. The maximum atomic E-state index is 6.36. The lowest BCUT2D eigenvalue weighted by Crippen LogP contribution is -2.42. The lowest BCUT2D eigenvalue weighted by molar-refractivity contribution is 0.0543. The van der Waals surface area contributed by atoms with E-state index in [1.165, 1.54) is 5.56 Å². The third-order valence-electron chi connectivity index (χ3n) is 4.52. The molecule has 1 spiro atoms. The van der Waals surface area contributed by atoms with Crippen LogP contribution in [0.25, 0.3) is 0 Å². The molecule has 2 N–H and O–H groups in total. The van der Waals surface area contributed by atoms with Gasteiger partial charge >= 0.3 is 0 Å². The van der Waals surface area contributed by atoms with E-state index in [4.69, 9.17) is 15.2 Å². The fraction of sp³-hybridized carbons (Fsp3) is 0.625. The summed E-state index contributed by atoms with van der Waals surface area (Å²) in [4.78, 5) is 2.49. The number of nitrogens with two attached hydrogens (primary N) is 1. The number of hydrogen-bond donors (Lipinski definition) is 1. The number of benzene rings is 1. The summed E-state index contributed by atoms with van der Waals surface area (Å²) in [5, 5.41) is 0. The molecule has 1 unspecified atom stereocenters. The van der Waals surface area contributed by atoms with Crippen molar-refractivity contribution in [2.75, 3.05) is 33.3 Å². The number of rotatable bonds is 4. The Hall–Kier alpha value is -1.26. The third-order valence-corrected chi connectivity index (χ3v) is 4.52. The lowest BCUT2D eigenvalue weighted by Gasteiger charge is -2.36. The summed E-state index contributed by atoms with van der Waals surface area (Å²) in [7, 11) is 1.71. The van der Waals surface area contributed by atoms with Crippen LogP contribution in [0.15, 0.2) is 18.2 Å². The zero-order chi connectivity index (χ0) is 14.0. The fourth-order valence-electron chi connectivity index (χ4n) is 3.35. The van der Waals surface area contributed by atoms with Gasteiger partial charge in [-0.1, -0.05) is 0 Å². The van der Waals surface area contributed by atoms with E-state index in [0.29, 0.717) is 0 Å². The molecule has 0 bridgehead atoms. The van der Waals surface area contributed by atoms with Crippen molar-refractivity contribution in [1.29, 1.82) is 0 Å². The highest BCUT2D eigenvalue weighted by molar-refractivity contribution is 5.42. The highest BCUT2D eigenvalue weighted by Crippen LogP contribution is 2.39. The topological polar surface area (TPSA) is 47.7 Å². The van der Waals surface area contributed by atoms with Gasteiger partial charge in [-0.25, -0.2) is 0 Å². The second-order valence-electron chi connectivity index (χ2n) is 5.93. The summed E-state index contributed by atoms with van der Waals surface area (Å²) in [6.45, 7) is 4.04. The molecular formula is C16H24N2O2. The predicted molar refractivity (Wildman–Crippen MR) is 79.4 cm³/mol. The van der Waals surface area contributed by atoms with Crippen LogP contribution in [0.1, 0.15) is 24.8 Å². The average Bonchev–Trinajstić information content (AvgIpc) is 2.87. The third kappa shape index (κ3) is 2.63. The number of ether oxygens (including phenoxy) is 2. The van der Waals surface area contributed by atoms with Crippen LogP contribution in [0, 0.1) is 0 Å². The van der Waals surface area contributed by atoms with Gasteiger partial charge in [0.15, 0.2) is 0 Å². The van der Waals surface area contributed by atoms with E-state index in [0.717, 1.165) is 63.4 Å². The van der Waals surface area contributed by atoms with Crippen LogP contribution >= 0.6 is 0 Å². The first kappa shape index (κ1) is 13.7. The summed E-state index contributed by atoms with van der Waals surface area (Å²) >= 11 is 0. The van der Waals surface area contributed by atoms with Gasteiger partial charge in [0.2, 0.25) is 0 Å². The van der Waals surface area contributed by atoms with Crippen LogP contribution in [-0.2, 0) is 6.42 Å². The summed E-state index contributed by atoms with van der Waals surface area (Å²) in [5.41, 5.74) is 6.89. The zero-order valence-corrected chi connectivity index (χ0v) is 12.2. The van der Waals surface area contributed by atoms with E-state index in [-0.39, 0.29) is 5.60 Å². The van der Waals surface area contributed by atoms with Crippen molar-refractivity contribution < 1.29 is 9.47 Å². The normalized spacial score (nSPS) is 25.5. The summed E-state index contributed by atoms with van der Waals surface area (Å²) in [5.74, 6) is 1.96. The molecule has 1 aromatic rings. The number of fused-ring (bicyclic) bond motifs is 1. The minimum absolute atomic E-state index is 0.0240. The van der Waals surface area contributed by atoms with E-state index >= 15 is 0 Å². The van der Waals surface area contributed by atoms with Crippen molar-refractivity contribution in [1.82, 2.24) is 4.90 Å². The molecule has 20 heavy (non-hydrogen) atoms. The molecule has 2 aliphatic rings. The van der Waals surface area contributed by atoms with Crippen LogP contribution in [0.5, 0.6) is 11.5 Å². The lowest BCUT2D eigenvalue weighted by atomic mass is 9.90. The van der Waals surface area contributed by atoms with E-state index in [2.05, 4.69) is 17.0 Å².